The number of nitrogens with zero attached hydrogens (tertiary/aromatic N) is 2. The van der Waals surface area contributed by atoms with Crippen molar-refractivity contribution >= 4 is 5.91 Å². The number of hydrogen-bond acceptors (Lipinski definition) is 6. The molecular formula is C26H45N3O4. The van der Waals surface area contributed by atoms with Gasteiger partial charge in [-0.1, -0.05) is 0 Å². The largest absolute Gasteiger partial charge is 0.350 e. The minimum absolute atomic E-state index is 0.0628. The molecule has 6 fully saturated rings. The summed E-state index contributed by atoms with van der Waals surface area (Å²) in [5, 5.41) is 0. The van der Waals surface area contributed by atoms with Crippen molar-refractivity contribution in [3.63, 3.8) is 0 Å². The fourth-order valence-electron chi connectivity index (χ4n) is 7.80. The normalized spacial score (nSPS) is 41.5. The molecule has 33 heavy (non-hydrogen) atoms. The second-order valence-electron chi connectivity index (χ2n) is 12.4. The molecule has 5 saturated carbocycles. The van der Waals surface area contributed by atoms with Crippen LogP contribution in [0.4, 0.5) is 0 Å². The average molecular weight is 464 g/mol. The lowest BCUT2D eigenvalue weighted by molar-refractivity contribution is -0.486. The lowest BCUT2D eigenvalue weighted by Gasteiger charge is -2.58. The standard InChI is InChI=1S/C26H45N3O4/c1-25(2,27)24(30)29-10-8-28(9-11-29)17-18-4-6-23(7-5-18)32-33-26(31-3)21-13-19-12-20(15-21)16-22(26)14-19/h18-23H,4-17,27H2,1-3H3. The van der Waals surface area contributed by atoms with Crippen LogP contribution in [0, 0.1) is 29.6 Å². The molecule has 1 heterocycles. The molecule has 7 heteroatoms. The average Bonchev–Trinajstić information content (AvgIpc) is 2.79. The Morgan fingerprint density at radius 1 is 0.939 bits per heavy atom. The second-order valence-corrected chi connectivity index (χ2v) is 12.4. The fraction of sp³-hybridized carbons (Fsp3) is 0.962. The molecule has 0 radical (unpaired) electrons. The summed E-state index contributed by atoms with van der Waals surface area (Å²) >= 11 is 0. The Hall–Kier alpha value is -0.730. The van der Waals surface area contributed by atoms with Gasteiger partial charge >= 0.3 is 0 Å². The summed E-state index contributed by atoms with van der Waals surface area (Å²) in [7, 11) is 1.82. The molecule has 0 spiro atoms. The highest BCUT2D eigenvalue weighted by Crippen LogP contribution is 2.60. The van der Waals surface area contributed by atoms with Crippen molar-refractivity contribution in [2.24, 2.45) is 35.3 Å². The summed E-state index contributed by atoms with van der Waals surface area (Å²) in [6.07, 6.45) is 11.1. The molecule has 0 unspecified atom stereocenters. The van der Waals surface area contributed by atoms with Gasteiger partial charge in [-0.25, -0.2) is 9.78 Å². The van der Waals surface area contributed by atoms with Gasteiger partial charge in [0.05, 0.1) is 11.6 Å². The molecule has 188 valence electrons. The molecule has 7 nitrogen and oxygen atoms in total. The van der Waals surface area contributed by atoms with Gasteiger partial charge in [-0.15, -0.1) is 0 Å². The Morgan fingerprint density at radius 3 is 2.03 bits per heavy atom. The number of carbonyl (C=O) groups is 1. The molecule has 0 aromatic heterocycles. The summed E-state index contributed by atoms with van der Waals surface area (Å²) in [5.41, 5.74) is 5.22. The number of rotatable bonds is 7. The van der Waals surface area contributed by atoms with E-state index in [2.05, 4.69) is 4.90 Å². The van der Waals surface area contributed by atoms with E-state index in [1.807, 2.05) is 12.0 Å². The Kier molecular flexibility index (Phi) is 6.82. The van der Waals surface area contributed by atoms with E-state index in [0.29, 0.717) is 17.8 Å². The summed E-state index contributed by atoms with van der Waals surface area (Å²) in [6, 6.07) is 0. The highest BCUT2D eigenvalue weighted by molar-refractivity contribution is 5.85. The first kappa shape index (κ1) is 24.0. The van der Waals surface area contributed by atoms with Crippen LogP contribution in [0.15, 0.2) is 0 Å². The number of methoxy groups -OCH3 is 1. The highest BCUT2D eigenvalue weighted by Gasteiger charge is 2.60. The monoisotopic (exact) mass is 463 g/mol. The van der Waals surface area contributed by atoms with Crippen LogP contribution >= 0.6 is 0 Å². The second kappa shape index (κ2) is 9.38. The number of ether oxygens (including phenoxy) is 1. The molecule has 1 amide bonds. The summed E-state index contributed by atoms with van der Waals surface area (Å²) in [5.74, 6) is 3.05. The first-order valence-electron chi connectivity index (χ1n) is 13.5. The Bertz CT molecular complexity index is 664. The van der Waals surface area contributed by atoms with Crippen molar-refractivity contribution in [1.82, 2.24) is 9.80 Å². The zero-order valence-corrected chi connectivity index (χ0v) is 21.0. The third-order valence-corrected chi connectivity index (χ3v) is 9.43. The van der Waals surface area contributed by atoms with Crippen LogP contribution in [0.25, 0.3) is 0 Å². The first-order chi connectivity index (χ1) is 15.8. The van der Waals surface area contributed by atoms with Crippen molar-refractivity contribution in [1.29, 1.82) is 0 Å². The van der Waals surface area contributed by atoms with E-state index in [1.54, 1.807) is 13.8 Å². The van der Waals surface area contributed by atoms with Gasteiger partial charge in [-0.2, -0.15) is 0 Å². The van der Waals surface area contributed by atoms with Crippen molar-refractivity contribution in [2.45, 2.75) is 89.1 Å². The van der Waals surface area contributed by atoms with E-state index in [4.69, 9.17) is 20.2 Å². The minimum atomic E-state index is -0.777. The molecule has 5 aliphatic carbocycles. The lowest BCUT2D eigenvalue weighted by atomic mass is 9.53. The lowest BCUT2D eigenvalue weighted by Crippen LogP contribution is -2.60. The van der Waals surface area contributed by atoms with Gasteiger partial charge in [0.1, 0.15) is 0 Å². The van der Waals surface area contributed by atoms with Crippen LogP contribution in [0.3, 0.4) is 0 Å². The highest BCUT2D eigenvalue weighted by atomic mass is 17.2. The number of nitrogens with two attached hydrogens (primary N) is 1. The molecular weight excluding hydrogens is 418 g/mol. The summed E-state index contributed by atoms with van der Waals surface area (Å²) < 4.78 is 6.08. The molecule has 0 atom stereocenters. The third kappa shape index (κ3) is 4.86. The molecule has 2 N–H and O–H groups in total. The Morgan fingerprint density at radius 2 is 1.52 bits per heavy atom. The number of piperazine rings is 1. The van der Waals surface area contributed by atoms with E-state index < -0.39 is 11.3 Å². The number of amides is 1. The minimum Gasteiger partial charge on any atom is -0.350 e. The smallest absolute Gasteiger partial charge is 0.242 e. The molecule has 6 rings (SSSR count). The van der Waals surface area contributed by atoms with E-state index in [0.717, 1.165) is 57.4 Å². The predicted molar refractivity (Wildman–Crippen MR) is 126 cm³/mol. The first-order valence-corrected chi connectivity index (χ1v) is 13.5. The van der Waals surface area contributed by atoms with Gasteiger partial charge in [0.25, 0.3) is 0 Å². The van der Waals surface area contributed by atoms with E-state index >= 15 is 0 Å². The van der Waals surface area contributed by atoms with Gasteiger partial charge in [0.15, 0.2) is 0 Å². The zero-order chi connectivity index (χ0) is 23.2. The topological polar surface area (TPSA) is 77.3 Å². The van der Waals surface area contributed by atoms with Crippen molar-refractivity contribution in [3.05, 3.63) is 0 Å². The summed E-state index contributed by atoms with van der Waals surface area (Å²) in [4.78, 5) is 29.2. The Balaban J connectivity index is 1.04. The van der Waals surface area contributed by atoms with Crippen LogP contribution < -0.4 is 5.73 Å². The molecule has 0 aromatic rings. The van der Waals surface area contributed by atoms with Crippen molar-refractivity contribution in [2.75, 3.05) is 39.8 Å². The van der Waals surface area contributed by atoms with Crippen LogP contribution in [-0.4, -0.2) is 73.0 Å². The number of carbonyl (C=O) groups excluding carboxylic acids is 1. The van der Waals surface area contributed by atoms with Gasteiger partial charge in [-0.05, 0) is 89.4 Å². The Labute approximate surface area is 199 Å². The van der Waals surface area contributed by atoms with Gasteiger partial charge in [0.2, 0.25) is 11.7 Å². The van der Waals surface area contributed by atoms with Crippen LogP contribution in [-0.2, 0) is 19.3 Å². The SMILES string of the molecule is COC1(OOC2CCC(CN3CCN(C(=O)C(C)(C)N)CC3)CC2)C2CC3CC(C2)CC1C3. The summed E-state index contributed by atoms with van der Waals surface area (Å²) in [6.45, 7) is 8.18. The molecule has 0 aromatic carbocycles. The molecule has 6 aliphatic rings. The van der Waals surface area contributed by atoms with Gasteiger partial charge in [0, 0.05) is 51.7 Å². The van der Waals surface area contributed by atoms with Crippen molar-refractivity contribution < 1.29 is 19.3 Å². The van der Waals surface area contributed by atoms with E-state index in [-0.39, 0.29) is 12.0 Å². The number of hydrogen-bond donors (Lipinski definition) is 1. The third-order valence-electron chi connectivity index (χ3n) is 9.43. The maximum Gasteiger partial charge on any atom is 0.242 e. The maximum absolute atomic E-state index is 12.4. The molecule has 1 saturated heterocycles. The van der Waals surface area contributed by atoms with E-state index in [9.17, 15) is 4.79 Å². The van der Waals surface area contributed by atoms with Crippen LogP contribution in [0.1, 0.15) is 71.6 Å². The molecule has 1 aliphatic heterocycles. The predicted octanol–water partition coefficient (Wildman–Crippen LogP) is 3.17. The quantitative estimate of drug-likeness (QED) is 0.355. The zero-order valence-electron chi connectivity index (χ0n) is 21.0. The van der Waals surface area contributed by atoms with Crippen LogP contribution in [0.5, 0.6) is 0 Å². The maximum atomic E-state index is 12.4. The fourth-order valence-corrected chi connectivity index (χ4v) is 7.80. The molecule has 4 bridgehead atoms. The van der Waals surface area contributed by atoms with Gasteiger partial charge < -0.3 is 15.4 Å². The van der Waals surface area contributed by atoms with Crippen LogP contribution in [0.2, 0.25) is 0 Å². The van der Waals surface area contributed by atoms with E-state index in [1.165, 1.54) is 44.9 Å². The van der Waals surface area contributed by atoms with Crippen molar-refractivity contribution in [3.8, 4) is 0 Å². The van der Waals surface area contributed by atoms with Gasteiger partial charge in [-0.3, -0.25) is 9.69 Å².